The molecule has 6 nitrogen and oxygen atoms in total. The molecule has 6 heteroatoms. The minimum absolute atomic E-state index is 0.00778. The molecule has 2 aliphatic rings. The number of esters is 1. The lowest BCUT2D eigenvalue weighted by atomic mass is 9.78. The minimum Gasteiger partial charge on any atom is -0.452 e. The third-order valence-electron chi connectivity index (χ3n) is 5.88. The zero-order chi connectivity index (χ0) is 19.4. The maximum absolute atomic E-state index is 12.5. The average Bonchev–Trinajstić information content (AvgIpc) is 3.09. The van der Waals surface area contributed by atoms with Crippen LogP contribution in [0.4, 0.5) is 5.69 Å². The molecule has 1 heterocycles. The number of hydrogen-bond donors (Lipinski definition) is 1. The number of ether oxygens (including phenoxy) is 1. The number of rotatable bonds is 5. The Morgan fingerprint density at radius 3 is 2.70 bits per heavy atom. The zero-order valence-corrected chi connectivity index (χ0v) is 16.1. The van der Waals surface area contributed by atoms with Crippen LogP contribution in [-0.2, 0) is 14.3 Å². The van der Waals surface area contributed by atoms with Gasteiger partial charge in [0.2, 0.25) is 5.91 Å². The predicted molar refractivity (Wildman–Crippen MR) is 102 cm³/mol. The fourth-order valence-corrected chi connectivity index (χ4v) is 4.03. The van der Waals surface area contributed by atoms with Gasteiger partial charge in [0.25, 0.3) is 5.91 Å². The molecule has 0 spiro atoms. The van der Waals surface area contributed by atoms with Crippen molar-refractivity contribution in [3.8, 4) is 0 Å². The molecular formula is C21H28N2O4. The van der Waals surface area contributed by atoms with Crippen LogP contribution in [0.15, 0.2) is 24.3 Å². The highest BCUT2D eigenvalue weighted by molar-refractivity contribution is 6.03. The Balaban J connectivity index is 1.58. The van der Waals surface area contributed by atoms with Gasteiger partial charge in [0.1, 0.15) is 0 Å². The van der Waals surface area contributed by atoms with E-state index < -0.39 is 5.97 Å². The van der Waals surface area contributed by atoms with Crippen LogP contribution in [0, 0.1) is 11.8 Å². The van der Waals surface area contributed by atoms with Crippen LogP contribution in [0.1, 0.15) is 56.3 Å². The summed E-state index contributed by atoms with van der Waals surface area (Å²) in [5.41, 5.74) is 0.875. The Kier molecular flexibility index (Phi) is 6.14. The minimum atomic E-state index is -0.578. The molecular weight excluding hydrogens is 344 g/mol. The van der Waals surface area contributed by atoms with Crippen LogP contribution in [-0.4, -0.2) is 37.0 Å². The first-order valence-corrected chi connectivity index (χ1v) is 9.83. The first-order valence-electron chi connectivity index (χ1n) is 9.83. The fourth-order valence-electron chi connectivity index (χ4n) is 4.03. The molecule has 0 aromatic heterocycles. The Labute approximate surface area is 160 Å². The van der Waals surface area contributed by atoms with Gasteiger partial charge < -0.3 is 15.0 Å². The van der Waals surface area contributed by atoms with Crippen LogP contribution >= 0.6 is 0 Å². The Bertz CT molecular complexity index is 718. The molecule has 0 unspecified atom stereocenters. The summed E-state index contributed by atoms with van der Waals surface area (Å²) < 4.78 is 5.24. The van der Waals surface area contributed by atoms with E-state index in [9.17, 15) is 14.4 Å². The summed E-state index contributed by atoms with van der Waals surface area (Å²) in [4.78, 5) is 38.4. The summed E-state index contributed by atoms with van der Waals surface area (Å²) in [5.74, 6) is 0.153. The fraction of sp³-hybridized carbons (Fsp3) is 0.571. The van der Waals surface area contributed by atoms with Crippen molar-refractivity contribution in [1.29, 1.82) is 0 Å². The molecule has 0 radical (unpaired) electrons. The lowest BCUT2D eigenvalue weighted by Gasteiger charge is -2.34. The summed E-state index contributed by atoms with van der Waals surface area (Å²) in [6.07, 6.45) is 4.53. The van der Waals surface area contributed by atoms with E-state index in [1.807, 2.05) is 0 Å². The highest BCUT2D eigenvalue weighted by Gasteiger charge is 2.29. The predicted octanol–water partition coefficient (Wildman–Crippen LogP) is 2.91. The van der Waals surface area contributed by atoms with Crippen LogP contribution in [0.5, 0.6) is 0 Å². The normalized spacial score (nSPS) is 25.3. The molecule has 1 saturated heterocycles. The van der Waals surface area contributed by atoms with Crippen molar-refractivity contribution in [1.82, 2.24) is 5.32 Å². The van der Waals surface area contributed by atoms with Gasteiger partial charge in [-0.2, -0.15) is 0 Å². The third-order valence-corrected chi connectivity index (χ3v) is 5.88. The summed E-state index contributed by atoms with van der Waals surface area (Å²) in [5, 5.41) is 3.00. The van der Waals surface area contributed by atoms with Gasteiger partial charge in [0, 0.05) is 19.0 Å². The van der Waals surface area contributed by atoms with Crippen LogP contribution in [0.25, 0.3) is 0 Å². The smallest absolute Gasteiger partial charge is 0.340 e. The molecule has 2 amide bonds. The van der Waals surface area contributed by atoms with E-state index in [1.54, 1.807) is 29.2 Å². The number of hydrogen-bond acceptors (Lipinski definition) is 4. The number of amides is 2. The van der Waals surface area contributed by atoms with Crippen molar-refractivity contribution in [2.75, 3.05) is 18.1 Å². The van der Waals surface area contributed by atoms with Crippen LogP contribution < -0.4 is 10.2 Å². The van der Waals surface area contributed by atoms with Gasteiger partial charge in [-0.25, -0.2) is 4.79 Å². The van der Waals surface area contributed by atoms with E-state index in [0.717, 1.165) is 19.3 Å². The molecule has 146 valence electrons. The van der Waals surface area contributed by atoms with Crippen molar-refractivity contribution in [2.45, 2.75) is 52.0 Å². The molecule has 27 heavy (non-hydrogen) atoms. The molecule has 1 aliphatic carbocycles. The molecule has 1 aromatic rings. The second-order valence-corrected chi connectivity index (χ2v) is 7.68. The quantitative estimate of drug-likeness (QED) is 0.807. The average molecular weight is 372 g/mol. The van der Waals surface area contributed by atoms with Gasteiger partial charge >= 0.3 is 5.97 Å². The standard InChI is InChI=1S/C21H28N2O4/c1-14-7-5-9-17(15(14)2)22-19(24)13-27-21(26)16-8-3-4-10-18(16)23-12-6-11-20(23)25/h3-4,8,10,14-15,17H,5-7,9,11-13H2,1-2H3,(H,22,24)/t14-,15+,17+/m0/s1. The van der Waals surface area contributed by atoms with Gasteiger partial charge in [-0.3, -0.25) is 9.59 Å². The van der Waals surface area contributed by atoms with E-state index in [1.165, 1.54) is 6.42 Å². The van der Waals surface area contributed by atoms with Crippen molar-refractivity contribution in [3.63, 3.8) is 0 Å². The molecule has 1 aromatic carbocycles. The number of anilines is 1. The largest absolute Gasteiger partial charge is 0.452 e. The molecule has 2 fully saturated rings. The highest BCUT2D eigenvalue weighted by Crippen LogP contribution is 2.29. The number of para-hydroxylation sites is 1. The number of nitrogens with one attached hydrogen (secondary N) is 1. The number of nitrogens with zero attached hydrogens (tertiary/aromatic N) is 1. The maximum atomic E-state index is 12.5. The second-order valence-electron chi connectivity index (χ2n) is 7.68. The Morgan fingerprint density at radius 1 is 1.19 bits per heavy atom. The first-order chi connectivity index (χ1) is 13.0. The van der Waals surface area contributed by atoms with E-state index >= 15 is 0 Å². The molecule has 3 rings (SSSR count). The van der Waals surface area contributed by atoms with Gasteiger partial charge in [0.15, 0.2) is 6.61 Å². The Hall–Kier alpha value is -2.37. The van der Waals surface area contributed by atoms with Crippen molar-refractivity contribution in [3.05, 3.63) is 29.8 Å². The van der Waals surface area contributed by atoms with E-state index in [-0.39, 0.29) is 24.5 Å². The summed E-state index contributed by atoms with van der Waals surface area (Å²) in [7, 11) is 0. The highest BCUT2D eigenvalue weighted by atomic mass is 16.5. The maximum Gasteiger partial charge on any atom is 0.340 e. The van der Waals surface area contributed by atoms with Gasteiger partial charge in [0.05, 0.1) is 11.3 Å². The summed E-state index contributed by atoms with van der Waals surface area (Å²) >= 11 is 0. The first kappa shape index (κ1) is 19.4. The van der Waals surface area contributed by atoms with E-state index in [0.29, 0.717) is 36.1 Å². The topological polar surface area (TPSA) is 75.7 Å². The van der Waals surface area contributed by atoms with E-state index in [2.05, 4.69) is 19.2 Å². The number of benzene rings is 1. The number of carbonyl (C=O) groups is 3. The van der Waals surface area contributed by atoms with Crippen molar-refractivity contribution < 1.29 is 19.1 Å². The molecule has 3 atom stereocenters. The molecule has 0 bridgehead atoms. The van der Waals surface area contributed by atoms with Crippen LogP contribution in [0.3, 0.4) is 0 Å². The lowest BCUT2D eigenvalue weighted by molar-refractivity contribution is -0.125. The van der Waals surface area contributed by atoms with Crippen molar-refractivity contribution in [2.24, 2.45) is 11.8 Å². The molecule has 1 saturated carbocycles. The Morgan fingerprint density at radius 2 is 1.96 bits per heavy atom. The van der Waals surface area contributed by atoms with Gasteiger partial charge in [-0.1, -0.05) is 38.8 Å². The second kappa shape index (κ2) is 8.55. The molecule has 1 N–H and O–H groups in total. The molecule has 1 aliphatic heterocycles. The third kappa shape index (κ3) is 4.49. The summed E-state index contributed by atoms with van der Waals surface area (Å²) in [6, 6.07) is 7.02. The lowest BCUT2D eigenvalue weighted by Crippen LogP contribution is -2.45. The van der Waals surface area contributed by atoms with Crippen LogP contribution in [0.2, 0.25) is 0 Å². The van der Waals surface area contributed by atoms with Crippen molar-refractivity contribution >= 4 is 23.5 Å². The summed E-state index contributed by atoms with van der Waals surface area (Å²) in [6.45, 7) is 4.66. The zero-order valence-electron chi connectivity index (χ0n) is 16.1. The van der Waals surface area contributed by atoms with E-state index in [4.69, 9.17) is 4.74 Å². The van der Waals surface area contributed by atoms with Gasteiger partial charge in [-0.05, 0) is 36.8 Å². The monoisotopic (exact) mass is 372 g/mol. The SMILES string of the molecule is C[C@@H]1[C@@H](C)CCC[C@H]1NC(=O)COC(=O)c1ccccc1N1CCCC1=O. The number of carbonyl (C=O) groups excluding carboxylic acids is 3. The van der Waals surface area contributed by atoms with Gasteiger partial charge in [-0.15, -0.1) is 0 Å².